The molecule has 0 aliphatic carbocycles. The molecule has 1 nitrogen and oxygen atoms in total. The molecule has 15 heavy (non-hydrogen) atoms. The van der Waals surface area contributed by atoms with Gasteiger partial charge in [0, 0.05) is 12.1 Å². The van der Waals surface area contributed by atoms with E-state index in [1.165, 1.54) is 12.1 Å². The minimum absolute atomic E-state index is 0. The van der Waals surface area contributed by atoms with Crippen molar-refractivity contribution < 1.29 is 9.13 Å². The summed E-state index contributed by atoms with van der Waals surface area (Å²) in [5.41, 5.74) is 0. The van der Waals surface area contributed by atoms with Crippen molar-refractivity contribution in [1.82, 2.24) is 0 Å². The van der Waals surface area contributed by atoms with Gasteiger partial charge in [0.05, 0.1) is 0 Å². The molecular formula is C12H9FLiO. The number of ether oxygens (including phenoxy) is 1. The van der Waals surface area contributed by atoms with Gasteiger partial charge in [-0.05, 0) is 18.2 Å². The van der Waals surface area contributed by atoms with Gasteiger partial charge in [0.25, 0.3) is 0 Å². The van der Waals surface area contributed by atoms with Crippen molar-refractivity contribution in [3.8, 4) is 11.5 Å². The zero-order valence-electron chi connectivity index (χ0n) is 7.41. The van der Waals surface area contributed by atoms with Crippen molar-refractivity contribution in [2.75, 3.05) is 0 Å². The van der Waals surface area contributed by atoms with Crippen LogP contribution in [-0.4, -0.2) is 18.9 Å². The second-order valence-corrected chi connectivity index (χ2v) is 2.79. The molecule has 2 rings (SSSR count). The molecule has 1 radical (unpaired) electrons. The minimum atomic E-state index is -0.307. The molecule has 0 fully saturated rings. The van der Waals surface area contributed by atoms with Gasteiger partial charge < -0.3 is 4.74 Å². The number of para-hydroxylation sites is 1. The van der Waals surface area contributed by atoms with Crippen LogP contribution in [0.1, 0.15) is 0 Å². The summed E-state index contributed by atoms with van der Waals surface area (Å²) in [5, 5.41) is 0. The van der Waals surface area contributed by atoms with Crippen LogP contribution in [0.25, 0.3) is 0 Å². The van der Waals surface area contributed by atoms with Crippen molar-refractivity contribution in [3.63, 3.8) is 0 Å². The van der Waals surface area contributed by atoms with E-state index in [9.17, 15) is 4.39 Å². The second-order valence-electron chi connectivity index (χ2n) is 2.79. The van der Waals surface area contributed by atoms with E-state index in [2.05, 4.69) is 6.07 Å². The molecule has 0 aliphatic rings. The molecule has 0 atom stereocenters. The molecule has 0 unspecified atom stereocenters. The maximum absolute atomic E-state index is 12.8. The molecule has 0 aliphatic heterocycles. The summed E-state index contributed by atoms with van der Waals surface area (Å²) in [4.78, 5) is 0. The van der Waals surface area contributed by atoms with Crippen LogP contribution in [0.15, 0.2) is 48.5 Å². The molecule has 0 amide bonds. The maximum atomic E-state index is 12.8. The van der Waals surface area contributed by atoms with Crippen LogP contribution >= 0.6 is 0 Å². The van der Waals surface area contributed by atoms with Crippen molar-refractivity contribution >= 4 is 18.9 Å². The summed E-state index contributed by atoms with van der Waals surface area (Å²) in [7, 11) is 0. The molecule has 0 bridgehead atoms. The van der Waals surface area contributed by atoms with Gasteiger partial charge >= 0.3 is 18.9 Å². The van der Waals surface area contributed by atoms with Crippen LogP contribution < -0.4 is 4.74 Å². The Kier molecular flexibility index (Phi) is 4.42. The molecule has 0 saturated carbocycles. The monoisotopic (exact) mass is 195 g/mol. The van der Waals surface area contributed by atoms with E-state index in [1.807, 2.05) is 12.1 Å². The van der Waals surface area contributed by atoms with Crippen molar-refractivity contribution in [3.05, 3.63) is 60.4 Å². The van der Waals surface area contributed by atoms with Gasteiger partial charge in [-0.1, -0.05) is 24.3 Å². The number of rotatable bonds is 2. The Bertz CT molecular complexity index is 417. The first-order valence-corrected chi connectivity index (χ1v) is 4.25. The Balaban J connectivity index is 0.00000112. The van der Waals surface area contributed by atoms with Gasteiger partial charge in [-0.15, -0.1) is 0 Å². The summed E-state index contributed by atoms with van der Waals surface area (Å²) in [6.07, 6.45) is 0. The molecular weight excluding hydrogens is 186 g/mol. The topological polar surface area (TPSA) is 9.23 Å². The van der Waals surface area contributed by atoms with E-state index in [1.54, 1.807) is 24.3 Å². The zero-order valence-corrected chi connectivity index (χ0v) is 7.41. The predicted octanol–water partition coefficient (Wildman–Crippen LogP) is 2.77. The SMILES string of the molecule is Fc1cccc(Oc2[c]cccc2)c1.[LiH]. The average Bonchev–Trinajstić information content (AvgIpc) is 2.19. The van der Waals surface area contributed by atoms with Gasteiger partial charge in [0.2, 0.25) is 0 Å². The molecule has 0 aromatic heterocycles. The molecule has 71 valence electrons. The third-order valence-corrected chi connectivity index (χ3v) is 1.70. The van der Waals surface area contributed by atoms with Crippen LogP contribution in [0.2, 0.25) is 0 Å². The van der Waals surface area contributed by atoms with Crippen LogP contribution in [0.3, 0.4) is 0 Å². The number of hydrogen-bond donors (Lipinski definition) is 0. The van der Waals surface area contributed by atoms with Gasteiger partial charge in [0.15, 0.2) is 0 Å². The fraction of sp³-hybridized carbons (Fsp3) is 0. The van der Waals surface area contributed by atoms with Crippen LogP contribution in [0, 0.1) is 11.9 Å². The second kappa shape index (κ2) is 5.60. The molecule has 0 spiro atoms. The third kappa shape index (κ3) is 3.43. The normalized spacial score (nSPS) is 9.13. The van der Waals surface area contributed by atoms with E-state index < -0.39 is 0 Å². The van der Waals surface area contributed by atoms with Gasteiger partial charge in [0.1, 0.15) is 17.3 Å². The summed E-state index contributed by atoms with van der Waals surface area (Å²) in [5.74, 6) is 0.754. The van der Waals surface area contributed by atoms with Crippen LogP contribution in [-0.2, 0) is 0 Å². The molecule has 2 aromatic rings. The first kappa shape index (κ1) is 11.8. The van der Waals surface area contributed by atoms with Crippen LogP contribution in [0.5, 0.6) is 11.5 Å². The first-order valence-electron chi connectivity index (χ1n) is 4.25. The zero-order chi connectivity index (χ0) is 9.80. The Morgan fingerprint density at radius 2 is 1.93 bits per heavy atom. The number of hydrogen-bond acceptors (Lipinski definition) is 1. The molecule has 0 N–H and O–H groups in total. The van der Waals surface area contributed by atoms with E-state index in [0.717, 1.165) is 0 Å². The van der Waals surface area contributed by atoms with E-state index in [4.69, 9.17) is 4.74 Å². The van der Waals surface area contributed by atoms with Gasteiger partial charge in [-0.3, -0.25) is 0 Å². The van der Waals surface area contributed by atoms with Gasteiger partial charge in [-0.25, -0.2) is 4.39 Å². The predicted molar refractivity (Wildman–Crippen MR) is 58.9 cm³/mol. The quantitative estimate of drug-likeness (QED) is 0.669. The molecule has 0 saturated heterocycles. The molecule has 2 aromatic carbocycles. The standard InChI is InChI=1S/C12H8FO.Li.H/c13-10-5-4-8-12(9-10)14-11-6-2-1-3-7-11;;/h1-6,8-9H;;. The van der Waals surface area contributed by atoms with Gasteiger partial charge in [-0.2, -0.15) is 0 Å². The van der Waals surface area contributed by atoms with Crippen molar-refractivity contribution in [2.24, 2.45) is 0 Å². The summed E-state index contributed by atoms with van der Waals surface area (Å²) >= 11 is 0. The average molecular weight is 195 g/mol. The summed E-state index contributed by atoms with van der Waals surface area (Å²) < 4.78 is 18.1. The van der Waals surface area contributed by atoms with E-state index in [0.29, 0.717) is 11.5 Å². The van der Waals surface area contributed by atoms with Crippen molar-refractivity contribution in [1.29, 1.82) is 0 Å². The molecule has 3 heteroatoms. The van der Waals surface area contributed by atoms with E-state index >= 15 is 0 Å². The Hall–Kier alpha value is -1.23. The first-order chi connectivity index (χ1) is 6.84. The molecule has 0 heterocycles. The fourth-order valence-corrected chi connectivity index (χ4v) is 1.10. The third-order valence-electron chi connectivity index (χ3n) is 1.70. The fourth-order valence-electron chi connectivity index (χ4n) is 1.10. The Labute approximate surface area is 100 Å². The summed E-state index contributed by atoms with van der Waals surface area (Å²) in [6, 6.07) is 16.1. The Morgan fingerprint density at radius 3 is 2.60 bits per heavy atom. The van der Waals surface area contributed by atoms with E-state index in [-0.39, 0.29) is 24.7 Å². The van der Waals surface area contributed by atoms with Crippen molar-refractivity contribution in [2.45, 2.75) is 0 Å². The number of halogens is 1. The summed E-state index contributed by atoms with van der Waals surface area (Å²) in [6.45, 7) is 0. The van der Waals surface area contributed by atoms with Crippen LogP contribution in [0.4, 0.5) is 4.39 Å². The Morgan fingerprint density at radius 1 is 1.07 bits per heavy atom. The number of benzene rings is 2.